The van der Waals surface area contributed by atoms with E-state index in [0.29, 0.717) is 12.8 Å². The number of nitrogens with one attached hydrogen (secondary N) is 2. The van der Waals surface area contributed by atoms with Gasteiger partial charge in [-0.3, -0.25) is 4.79 Å². The Bertz CT molecular complexity index is 1040. The third-order valence-electron chi connectivity index (χ3n) is 4.97. The second kappa shape index (κ2) is 8.17. The number of carbonyl (C=O) groups is 1. The summed E-state index contributed by atoms with van der Waals surface area (Å²) >= 11 is 0. The standard InChI is InChI=1S/C18H20F3N3O4S/c1-24-8-15(29(27,28)23-14-4-2-3-10(14)9-25)16(21)17(24)18(26)22-11-5-6-12(19)13(20)7-11/h5-8,10,14,23,25H,2-4,9H2,1H3,(H,22,26)/t10-,14+/m0/s1. The van der Waals surface area contributed by atoms with E-state index in [4.69, 9.17) is 0 Å². The minimum atomic E-state index is -4.28. The molecule has 11 heteroatoms. The van der Waals surface area contributed by atoms with Crippen molar-refractivity contribution in [3.8, 4) is 0 Å². The Morgan fingerprint density at radius 2 is 1.97 bits per heavy atom. The predicted octanol–water partition coefficient (Wildman–Crippen LogP) is 2.13. The van der Waals surface area contributed by atoms with Crippen LogP contribution in [-0.2, 0) is 17.1 Å². The van der Waals surface area contributed by atoms with E-state index < -0.39 is 50.0 Å². The van der Waals surface area contributed by atoms with Crippen LogP contribution in [0.15, 0.2) is 29.3 Å². The number of rotatable bonds is 6. The molecule has 3 N–H and O–H groups in total. The van der Waals surface area contributed by atoms with Crippen molar-refractivity contribution in [2.24, 2.45) is 13.0 Å². The largest absolute Gasteiger partial charge is 0.396 e. The summed E-state index contributed by atoms with van der Waals surface area (Å²) in [5, 5.41) is 11.5. The molecule has 0 saturated heterocycles. The van der Waals surface area contributed by atoms with Gasteiger partial charge in [0, 0.05) is 37.6 Å². The normalized spacial score (nSPS) is 19.5. The molecule has 1 aromatic carbocycles. The minimum Gasteiger partial charge on any atom is -0.396 e. The fourth-order valence-corrected chi connectivity index (χ4v) is 4.92. The molecule has 1 amide bonds. The van der Waals surface area contributed by atoms with Crippen LogP contribution in [0, 0.1) is 23.4 Å². The maximum atomic E-state index is 14.9. The molecule has 0 unspecified atom stereocenters. The van der Waals surface area contributed by atoms with Crippen molar-refractivity contribution < 1.29 is 31.5 Å². The third-order valence-corrected chi connectivity index (χ3v) is 6.45. The second-order valence-corrected chi connectivity index (χ2v) is 8.63. The number of amides is 1. The summed E-state index contributed by atoms with van der Waals surface area (Å²) in [7, 11) is -3.00. The van der Waals surface area contributed by atoms with Crippen LogP contribution in [0.25, 0.3) is 0 Å². The summed E-state index contributed by atoms with van der Waals surface area (Å²) in [4.78, 5) is 11.7. The molecule has 0 spiro atoms. The number of anilines is 1. The first-order valence-electron chi connectivity index (χ1n) is 8.88. The summed E-state index contributed by atoms with van der Waals surface area (Å²) in [6.07, 6.45) is 2.86. The van der Waals surface area contributed by atoms with Gasteiger partial charge in [-0.25, -0.2) is 26.3 Å². The minimum absolute atomic E-state index is 0.117. The highest BCUT2D eigenvalue weighted by molar-refractivity contribution is 7.89. The Morgan fingerprint density at radius 3 is 2.62 bits per heavy atom. The lowest BCUT2D eigenvalue weighted by Gasteiger charge is -2.18. The monoisotopic (exact) mass is 431 g/mol. The van der Waals surface area contributed by atoms with Crippen molar-refractivity contribution in [3.63, 3.8) is 0 Å². The molecule has 1 heterocycles. The molecule has 2 aromatic rings. The fraction of sp³-hybridized carbons (Fsp3) is 0.389. The third kappa shape index (κ3) is 4.31. The van der Waals surface area contributed by atoms with Crippen LogP contribution in [0.3, 0.4) is 0 Å². The zero-order valence-corrected chi connectivity index (χ0v) is 16.3. The molecule has 29 heavy (non-hydrogen) atoms. The van der Waals surface area contributed by atoms with Crippen molar-refractivity contribution >= 4 is 21.6 Å². The van der Waals surface area contributed by atoms with E-state index in [-0.39, 0.29) is 18.2 Å². The Kier molecular flexibility index (Phi) is 6.01. The molecule has 0 aliphatic heterocycles. The van der Waals surface area contributed by atoms with Gasteiger partial charge in [-0.05, 0) is 30.9 Å². The van der Waals surface area contributed by atoms with Crippen LogP contribution >= 0.6 is 0 Å². The summed E-state index contributed by atoms with van der Waals surface area (Å²) in [5.41, 5.74) is -0.700. The molecule has 158 valence electrons. The average molecular weight is 431 g/mol. The van der Waals surface area contributed by atoms with Crippen LogP contribution < -0.4 is 10.0 Å². The van der Waals surface area contributed by atoms with E-state index in [2.05, 4.69) is 10.0 Å². The van der Waals surface area contributed by atoms with Gasteiger partial charge in [-0.2, -0.15) is 0 Å². The number of aromatic nitrogens is 1. The molecule has 1 aliphatic rings. The predicted molar refractivity (Wildman–Crippen MR) is 98.2 cm³/mol. The summed E-state index contributed by atoms with van der Waals surface area (Å²) in [5.74, 6) is -4.85. The van der Waals surface area contributed by atoms with Crippen LogP contribution in [0.1, 0.15) is 29.8 Å². The number of aliphatic hydroxyl groups excluding tert-OH is 1. The summed E-state index contributed by atoms with van der Waals surface area (Å²) in [6.45, 7) is -0.188. The smallest absolute Gasteiger partial charge is 0.275 e. The quantitative estimate of drug-likeness (QED) is 0.652. The topological polar surface area (TPSA) is 100 Å². The summed E-state index contributed by atoms with van der Waals surface area (Å²) in [6, 6.07) is 2.09. The summed E-state index contributed by atoms with van der Waals surface area (Å²) < 4.78 is 69.8. The Balaban J connectivity index is 1.85. The molecule has 2 atom stereocenters. The average Bonchev–Trinajstić information content (AvgIpc) is 3.21. The van der Waals surface area contributed by atoms with E-state index in [1.54, 1.807) is 0 Å². The molecular formula is C18H20F3N3O4S. The van der Waals surface area contributed by atoms with Crippen molar-refractivity contribution in [2.75, 3.05) is 11.9 Å². The Hall–Kier alpha value is -2.37. The molecule has 0 bridgehead atoms. The number of aryl methyl sites for hydroxylation is 1. The molecule has 1 saturated carbocycles. The molecule has 1 fully saturated rings. The van der Waals surface area contributed by atoms with Crippen LogP contribution in [0.2, 0.25) is 0 Å². The van der Waals surface area contributed by atoms with Crippen molar-refractivity contribution in [1.29, 1.82) is 0 Å². The lowest BCUT2D eigenvalue weighted by molar-refractivity contribution is 0.101. The van der Waals surface area contributed by atoms with Crippen LogP contribution in [0.5, 0.6) is 0 Å². The molecular weight excluding hydrogens is 411 g/mol. The van der Waals surface area contributed by atoms with E-state index in [1.165, 1.54) is 7.05 Å². The van der Waals surface area contributed by atoms with Gasteiger partial charge in [0.15, 0.2) is 17.5 Å². The number of nitrogens with zero attached hydrogens (tertiary/aromatic N) is 1. The maximum absolute atomic E-state index is 14.9. The van der Waals surface area contributed by atoms with Gasteiger partial charge in [-0.15, -0.1) is 0 Å². The Morgan fingerprint density at radius 1 is 1.24 bits per heavy atom. The lowest BCUT2D eigenvalue weighted by Crippen LogP contribution is -2.38. The van der Waals surface area contributed by atoms with Gasteiger partial charge >= 0.3 is 0 Å². The Labute approximate surface area is 165 Å². The van der Waals surface area contributed by atoms with Crippen molar-refractivity contribution in [1.82, 2.24) is 9.29 Å². The first kappa shape index (κ1) is 21.3. The lowest BCUT2D eigenvalue weighted by atomic mass is 10.1. The number of benzene rings is 1. The highest BCUT2D eigenvalue weighted by atomic mass is 32.2. The van der Waals surface area contributed by atoms with Crippen molar-refractivity contribution in [3.05, 3.63) is 47.5 Å². The number of aliphatic hydroxyl groups is 1. The first-order valence-corrected chi connectivity index (χ1v) is 10.4. The number of carbonyl (C=O) groups excluding carboxylic acids is 1. The number of hydrogen-bond acceptors (Lipinski definition) is 4. The first-order chi connectivity index (χ1) is 13.6. The van der Waals surface area contributed by atoms with Crippen LogP contribution in [-0.4, -0.2) is 36.6 Å². The number of hydrogen-bond donors (Lipinski definition) is 3. The zero-order valence-electron chi connectivity index (χ0n) is 15.5. The zero-order chi connectivity index (χ0) is 21.3. The van der Waals surface area contributed by atoms with E-state index in [1.807, 2.05) is 0 Å². The molecule has 0 radical (unpaired) electrons. The van der Waals surface area contributed by atoms with Gasteiger partial charge in [0.05, 0.1) is 0 Å². The van der Waals surface area contributed by atoms with Crippen LogP contribution in [0.4, 0.5) is 18.9 Å². The van der Waals surface area contributed by atoms with Gasteiger partial charge in [0.25, 0.3) is 5.91 Å². The number of sulfonamides is 1. The SMILES string of the molecule is Cn1cc(S(=O)(=O)N[C@@H]2CCC[C@H]2CO)c(F)c1C(=O)Nc1ccc(F)c(F)c1. The maximum Gasteiger partial charge on any atom is 0.275 e. The van der Waals surface area contributed by atoms with Crippen molar-refractivity contribution in [2.45, 2.75) is 30.2 Å². The van der Waals surface area contributed by atoms with Gasteiger partial charge < -0.3 is 15.0 Å². The molecule has 7 nitrogen and oxygen atoms in total. The van der Waals surface area contributed by atoms with Gasteiger partial charge in [-0.1, -0.05) is 6.42 Å². The molecule has 1 aromatic heterocycles. The number of halogens is 3. The van der Waals surface area contributed by atoms with E-state index in [0.717, 1.165) is 35.4 Å². The van der Waals surface area contributed by atoms with Gasteiger partial charge in [0.2, 0.25) is 10.0 Å². The molecule has 3 rings (SSSR count). The fourth-order valence-electron chi connectivity index (χ4n) is 3.45. The molecule has 1 aliphatic carbocycles. The highest BCUT2D eigenvalue weighted by Gasteiger charge is 2.34. The van der Waals surface area contributed by atoms with E-state index in [9.17, 15) is 31.5 Å². The second-order valence-electron chi connectivity index (χ2n) is 6.95. The highest BCUT2D eigenvalue weighted by Crippen LogP contribution is 2.28. The van der Waals surface area contributed by atoms with E-state index >= 15 is 0 Å². The van der Waals surface area contributed by atoms with Gasteiger partial charge in [0.1, 0.15) is 10.6 Å².